The molecule has 5 aromatic rings. The summed E-state index contributed by atoms with van der Waals surface area (Å²) in [6.07, 6.45) is 0.119. The standard InChI is InChI=1S/C42H42N6O7S2/c1-53-35-23-32-33(24-36(35)54-2)43-42(47-20-18-46(19-21-47)40(51)29-13-15-31(16-14-29)55-25-28-9-5-3-6-10-28)45-38(32)44-39(50)34-26-56-27-48(34)37(49)17-22-57-41(52)30-11-7-4-8-12-30/h3-16,23-24,34H,17-22,25-27H2,1-2H3,(H,43,44,45,50). The Morgan fingerprint density at radius 2 is 1.51 bits per heavy atom. The van der Waals surface area contributed by atoms with E-state index in [1.54, 1.807) is 58.3 Å². The van der Waals surface area contributed by atoms with E-state index in [1.807, 2.05) is 53.4 Å². The van der Waals surface area contributed by atoms with E-state index in [-0.39, 0.29) is 35.1 Å². The SMILES string of the molecule is COc1cc2nc(N3CCN(C(=O)c4ccc(OCc5ccccc5)cc4)CC3)nc(NC(=O)C3CSCN3C(=O)CCSC(=O)c3ccccc3)c2cc1OC. The molecule has 0 saturated carbocycles. The van der Waals surface area contributed by atoms with Crippen LogP contribution in [0.4, 0.5) is 11.8 Å². The minimum atomic E-state index is -0.731. The van der Waals surface area contributed by atoms with Gasteiger partial charge in [0.2, 0.25) is 22.9 Å². The zero-order valence-corrected chi connectivity index (χ0v) is 33.2. The van der Waals surface area contributed by atoms with Crippen LogP contribution in [-0.2, 0) is 16.2 Å². The topological polar surface area (TPSA) is 144 Å². The fraction of sp³-hybridized carbons (Fsp3) is 0.286. The monoisotopic (exact) mass is 806 g/mol. The Morgan fingerprint density at radius 1 is 0.825 bits per heavy atom. The Kier molecular flexibility index (Phi) is 12.8. The lowest BCUT2D eigenvalue weighted by molar-refractivity contribution is -0.135. The van der Waals surface area contributed by atoms with Gasteiger partial charge in [-0.15, -0.1) is 11.8 Å². The summed E-state index contributed by atoms with van der Waals surface area (Å²) in [6, 6.07) is 28.7. The number of amides is 3. The molecule has 1 unspecified atom stereocenters. The van der Waals surface area contributed by atoms with Crippen molar-refractivity contribution in [3.05, 3.63) is 114 Å². The van der Waals surface area contributed by atoms with Crippen LogP contribution < -0.4 is 24.4 Å². The normalized spacial score (nSPS) is 15.3. The van der Waals surface area contributed by atoms with Gasteiger partial charge in [0.15, 0.2) is 11.5 Å². The first kappa shape index (κ1) is 39.4. The predicted molar refractivity (Wildman–Crippen MR) is 222 cm³/mol. The van der Waals surface area contributed by atoms with E-state index in [4.69, 9.17) is 24.2 Å². The minimum Gasteiger partial charge on any atom is -0.493 e. The second-order valence-corrected chi connectivity index (χ2v) is 15.4. The van der Waals surface area contributed by atoms with Crippen molar-refractivity contribution in [3.8, 4) is 17.2 Å². The molecule has 0 aliphatic carbocycles. The van der Waals surface area contributed by atoms with Crippen LogP contribution in [0.5, 0.6) is 17.2 Å². The molecule has 2 saturated heterocycles. The molecule has 2 aliphatic heterocycles. The van der Waals surface area contributed by atoms with Gasteiger partial charge in [-0.1, -0.05) is 72.4 Å². The highest BCUT2D eigenvalue weighted by atomic mass is 32.2. The number of carbonyl (C=O) groups is 4. The summed E-state index contributed by atoms with van der Waals surface area (Å²) in [5.74, 6) is 2.66. The van der Waals surface area contributed by atoms with E-state index in [2.05, 4.69) is 5.32 Å². The molecule has 2 fully saturated rings. The van der Waals surface area contributed by atoms with E-state index in [0.717, 1.165) is 17.3 Å². The fourth-order valence-corrected chi connectivity index (χ4v) is 8.49. The molecule has 3 heterocycles. The number of hydrogen-bond donors (Lipinski definition) is 1. The Hall–Kier alpha value is -5.80. The third-order valence-corrected chi connectivity index (χ3v) is 11.6. The van der Waals surface area contributed by atoms with Crippen LogP contribution in [0.15, 0.2) is 97.1 Å². The van der Waals surface area contributed by atoms with Gasteiger partial charge in [0.25, 0.3) is 5.91 Å². The van der Waals surface area contributed by atoms with Crippen molar-refractivity contribution in [1.29, 1.82) is 0 Å². The van der Waals surface area contributed by atoms with Gasteiger partial charge in [-0.05, 0) is 35.9 Å². The number of nitrogens with one attached hydrogen (secondary N) is 1. The van der Waals surface area contributed by atoms with Crippen molar-refractivity contribution in [2.24, 2.45) is 0 Å². The van der Waals surface area contributed by atoms with Crippen LogP contribution in [0.3, 0.4) is 0 Å². The van der Waals surface area contributed by atoms with Gasteiger partial charge in [0.05, 0.1) is 25.6 Å². The van der Waals surface area contributed by atoms with E-state index >= 15 is 0 Å². The summed E-state index contributed by atoms with van der Waals surface area (Å²) in [5.41, 5.74) is 2.73. The predicted octanol–water partition coefficient (Wildman–Crippen LogP) is 5.99. The second-order valence-electron chi connectivity index (χ2n) is 13.3. The summed E-state index contributed by atoms with van der Waals surface area (Å²) >= 11 is 2.58. The zero-order chi connectivity index (χ0) is 39.7. The molecule has 3 amide bonds. The molecular formula is C42H42N6O7S2. The lowest BCUT2D eigenvalue weighted by Gasteiger charge is -2.35. The number of fused-ring (bicyclic) bond motifs is 1. The van der Waals surface area contributed by atoms with Crippen LogP contribution in [0.1, 0.15) is 32.7 Å². The molecule has 1 N–H and O–H groups in total. The molecule has 7 rings (SSSR count). The summed E-state index contributed by atoms with van der Waals surface area (Å²) < 4.78 is 17.0. The maximum Gasteiger partial charge on any atom is 0.253 e. The summed E-state index contributed by atoms with van der Waals surface area (Å²) in [5, 5.41) is 3.43. The fourth-order valence-electron chi connectivity index (χ4n) is 6.54. The molecule has 0 spiro atoms. The molecule has 1 aromatic heterocycles. The average Bonchev–Trinajstić information content (AvgIpc) is 3.76. The van der Waals surface area contributed by atoms with Gasteiger partial charge in [0, 0.05) is 66.7 Å². The first-order valence-electron chi connectivity index (χ1n) is 18.5. The van der Waals surface area contributed by atoms with Crippen molar-refractivity contribution in [3.63, 3.8) is 0 Å². The van der Waals surface area contributed by atoms with Gasteiger partial charge in [0.1, 0.15) is 24.2 Å². The molecule has 0 radical (unpaired) electrons. The van der Waals surface area contributed by atoms with Crippen LogP contribution in [0.2, 0.25) is 0 Å². The highest BCUT2D eigenvalue weighted by Crippen LogP contribution is 2.36. The van der Waals surface area contributed by atoms with Crippen LogP contribution >= 0.6 is 23.5 Å². The maximum atomic E-state index is 13.9. The number of benzene rings is 4. The highest BCUT2D eigenvalue weighted by molar-refractivity contribution is 8.14. The number of piperazine rings is 1. The van der Waals surface area contributed by atoms with Crippen LogP contribution in [-0.4, -0.2) is 106 Å². The molecule has 57 heavy (non-hydrogen) atoms. The summed E-state index contributed by atoms with van der Waals surface area (Å²) in [7, 11) is 3.06. The Bertz CT molecular complexity index is 2220. The average molecular weight is 807 g/mol. The number of thioether (sulfide) groups is 2. The maximum absolute atomic E-state index is 13.9. The van der Waals surface area contributed by atoms with E-state index in [0.29, 0.717) is 95.4 Å². The van der Waals surface area contributed by atoms with Crippen molar-refractivity contribution < 1.29 is 33.4 Å². The number of carbonyl (C=O) groups excluding carboxylic acids is 4. The number of methoxy groups -OCH3 is 2. The van der Waals surface area contributed by atoms with Crippen LogP contribution in [0, 0.1) is 0 Å². The third-order valence-electron chi connectivity index (χ3n) is 9.69. The lowest BCUT2D eigenvalue weighted by Crippen LogP contribution is -2.49. The molecule has 13 nitrogen and oxygen atoms in total. The molecule has 1 atom stereocenters. The van der Waals surface area contributed by atoms with Crippen LogP contribution in [0.25, 0.3) is 10.9 Å². The van der Waals surface area contributed by atoms with E-state index < -0.39 is 6.04 Å². The van der Waals surface area contributed by atoms with E-state index in [1.165, 1.54) is 26.0 Å². The van der Waals surface area contributed by atoms with Gasteiger partial charge in [-0.3, -0.25) is 19.2 Å². The second kappa shape index (κ2) is 18.4. The van der Waals surface area contributed by atoms with E-state index in [9.17, 15) is 19.2 Å². The summed E-state index contributed by atoms with van der Waals surface area (Å²) in [4.78, 5) is 68.3. The highest BCUT2D eigenvalue weighted by Gasteiger charge is 2.35. The number of rotatable bonds is 13. The molecule has 2 aliphatic rings. The van der Waals surface area contributed by atoms with Crippen molar-refractivity contribution in [1.82, 2.24) is 19.8 Å². The Balaban J connectivity index is 1.02. The van der Waals surface area contributed by atoms with Crippen molar-refractivity contribution in [2.75, 3.05) is 68.0 Å². The number of anilines is 2. The Labute approximate surface area is 339 Å². The first-order valence-corrected chi connectivity index (χ1v) is 20.6. The van der Waals surface area contributed by atoms with Gasteiger partial charge < -0.3 is 34.2 Å². The first-order chi connectivity index (χ1) is 27.8. The van der Waals surface area contributed by atoms with Gasteiger partial charge in [-0.2, -0.15) is 4.98 Å². The molecule has 0 bridgehead atoms. The molecule has 4 aromatic carbocycles. The van der Waals surface area contributed by atoms with Crippen molar-refractivity contribution in [2.45, 2.75) is 19.1 Å². The molecule has 15 heteroatoms. The number of hydrogen-bond acceptors (Lipinski definition) is 12. The van der Waals surface area contributed by atoms with Gasteiger partial charge >= 0.3 is 0 Å². The zero-order valence-electron chi connectivity index (χ0n) is 31.6. The molecular weight excluding hydrogens is 765 g/mol. The van der Waals surface area contributed by atoms with Gasteiger partial charge in [-0.25, -0.2) is 4.98 Å². The number of nitrogens with zero attached hydrogens (tertiary/aromatic N) is 5. The molecule has 294 valence electrons. The number of ether oxygens (including phenoxy) is 3. The quantitative estimate of drug-likeness (QED) is 0.149. The lowest BCUT2D eigenvalue weighted by atomic mass is 10.1. The smallest absolute Gasteiger partial charge is 0.253 e. The minimum absolute atomic E-state index is 0.0802. The third kappa shape index (κ3) is 9.43. The largest absolute Gasteiger partial charge is 0.493 e. The Morgan fingerprint density at radius 3 is 2.21 bits per heavy atom. The number of aromatic nitrogens is 2. The van der Waals surface area contributed by atoms with Crippen molar-refractivity contribution >= 4 is 69.0 Å². The summed E-state index contributed by atoms with van der Waals surface area (Å²) in [6.45, 7) is 2.23.